The second-order valence-electron chi connectivity index (χ2n) is 5.31. The van der Waals surface area contributed by atoms with Gasteiger partial charge in [0.2, 0.25) is 5.91 Å². The minimum Gasteiger partial charge on any atom is -0.490 e. The van der Waals surface area contributed by atoms with Gasteiger partial charge in [0.25, 0.3) is 0 Å². The van der Waals surface area contributed by atoms with Gasteiger partial charge in [-0.2, -0.15) is 0 Å². The van der Waals surface area contributed by atoms with Gasteiger partial charge >= 0.3 is 5.69 Å². The zero-order valence-corrected chi connectivity index (χ0v) is 13.1. The summed E-state index contributed by atoms with van der Waals surface area (Å²) >= 11 is 0. The molecule has 0 atom stereocenters. The molecule has 1 aliphatic carbocycles. The fourth-order valence-corrected chi connectivity index (χ4v) is 2.58. The Morgan fingerprint density at radius 2 is 2.00 bits per heavy atom. The number of hydrogen-bond donors (Lipinski definition) is 2. The largest absolute Gasteiger partial charge is 0.490 e. The number of nitro groups is 1. The van der Waals surface area contributed by atoms with Crippen LogP contribution in [-0.2, 0) is 4.79 Å². The third-order valence-corrected chi connectivity index (χ3v) is 3.83. The van der Waals surface area contributed by atoms with Gasteiger partial charge in [0.05, 0.1) is 17.6 Å². The molecule has 1 fully saturated rings. The Balaban J connectivity index is 0.00000242. The van der Waals surface area contributed by atoms with E-state index in [2.05, 4.69) is 5.32 Å². The van der Waals surface area contributed by atoms with E-state index in [1.807, 2.05) is 0 Å². The van der Waals surface area contributed by atoms with Gasteiger partial charge in [-0.15, -0.1) is 12.4 Å². The van der Waals surface area contributed by atoms with Crippen molar-refractivity contribution < 1.29 is 14.5 Å². The number of hydrogen-bond acceptors (Lipinski definition) is 5. The van der Waals surface area contributed by atoms with Gasteiger partial charge in [-0.05, 0) is 25.0 Å². The predicted octanol–water partition coefficient (Wildman–Crippen LogP) is 2.63. The summed E-state index contributed by atoms with van der Waals surface area (Å²) < 4.78 is 4.92. The van der Waals surface area contributed by atoms with E-state index in [4.69, 9.17) is 10.5 Å². The number of halogens is 1. The second-order valence-corrected chi connectivity index (χ2v) is 5.31. The maximum absolute atomic E-state index is 12.3. The number of carbonyl (C=O) groups excluding carboxylic acids is 1. The van der Waals surface area contributed by atoms with Crippen molar-refractivity contribution in [2.24, 2.45) is 5.73 Å². The first-order chi connectivity index (χ1) is 9.96. The average Bonchev–Trinajstić information content (AvgIpc) is 2.47. The second kappa shape index (κ2) is 7.42. The van der Waals surface area contributed by atoms with E-state index < -0.39 is 10.5 Å². The number of nitrogens with two attached hydrogens (primary N) is 1. The summed E-state index contributed by atoms with van der Waals surface area (Å²) in [6, 6.07) is 4.30. The van der Waals surface area contributed by atoms with Crippen molar-refractivity contribution >= 4 is 29.7 Å². The molecule has 0 unspecified atom stereocenters. The van der Waals surface area contributed by atoms with Crippen LogP contribution in [0.4, 0.5) is 11.4 Å². The smallest absolute Gasteiger partial charge is 0.312 e. The van der Waals surface area contributed by atoms with Crippen LogP contribution in [0.1, 0.15) is 32.1 Å². The molecule has 1 saturated carbocycles. The fraction of sp³-hybridized carbons (Fsp3) is 0.500. The number of anilines is 1. The van der Waals surface area contributed by atoms with Crippen molar-refractivity contribution in [1.29, 1.82) is 0 Å². The van der Waals surface area contributed by atoms with E-state index in [-0.39, 0.29) is 29.8 Å². The summed E-state index contributed by atoms with van der Waals surface area (Å²) in [5, 5.41) is 13.6. The quantitative estimate of drug-likeness (QED) is 0.652. The topological polar surface area (TPSA) is 107 Å². The van der Waals surface area contributed by atoms with E-state index in [9.17, 15) is 14.9 Å². The van der Waals surface area contributed by atoms with Crippen molar-refractivity contribution in [3.63, 3.8) is 0 Å². The Hall–Kier alpha value is -1.86. The first-order valence-electron chi connectivity index (χ1n) is 6.89. The lowest BCUT2D eigenvalue weighted by Crippen LogP contribution is -2.52. The molecule has 1 aliphatic rings. The zero-order valence-electron chi connectivity index (χ0n) is 12.3. The normalized spacial score (nSPS) is 16.3. The lowest BCUT2D eigenvalue weighted by molar-refractivity contribution is -0.385. The van der Waals surface area contributed by atoms with E-state index in [1.54, 1.807) is 6.07 Å². The van der Waals surface area contributed by atoms with E-state index in [0.29, 0.717) is 18.5 Å². The highest BCUT2D eigenvalue weighted by Gasteiger charge is 2.35. The molecule has 1 aromatic rings. The Bertz CT molecular complexity index is 559. The van der Waals surface area contributed by atoms with Gasteiger partial charge in [-0.3, -0.25) is 14.9 Å². The van der Waals surface area contributed by atoms with Crippen molar-refractivity contribution in [3.05, 3.63) is 28.3 Å². The number of ether oxygens (including phenoxy) is 1. The number of nitro benzene ring substituents is 1. The Kier molecular flexibility index (Phi) is 6.13. The third kappa shape index (κ3) is 3.86. The molecule has 0 spiro atoms. The van der Waals surface area contributed by atoms with Crippen LogP contribution in [0.3, 0.4) is 0 Å². The highest BCUT2D eigenvalue weighted by Crippen LogP contribution is 2.31. The molecule has 22 heavy (non-hydrogen) atoms. The standard InChI is InChI=1S/C14H19N3O4.ClH/c1-21-12-6-5-10(9-11(12)17(19)20)16-13(18)14(15)7-3-2-4-8-14;/h5-6,9H,2-4,7-8,15H2,1H3,(H,16,18);1H. The Morgan fingerprint density at radius 3 is 2.55 bits per heavy atom. The zero-order chi connectivity index (χ0) is 15.5. The van der Waals surface area contributed by atoms with Crippen LogP contribution in [0.2, 0.25) is 0 Å². The average molecular weight is 330 g/mol. The summed E-state index contributed by atoms with van der Waals surface area (Å²) in [5.74, 6) is -0.139. The maximum atomic E-state index is 12.3. The van der Waals surface area contributed by atoms with Gasteiger partial charge < -0.3 is 15.8 Å². The molecule has 3 N–H and O–H groups in total. The van der Waals surface area contributed by atoms with Crippen LogP contribution < -0.4 is 15.8 Å². The molecule has 0 radical (unpaired) electrons. The summed E-state index contributed by atoms with van der Waals surface area (Å²) in [6.45, 7) is 0. The Labute approximate surface area is 134 Å². The van der Waals surface area contributed by atoms with Crippen LogP contribution in [0.15, 0.2) is 18.2 Å². The molecule has 0 heterocycles. The molecule has 0 saturated heterocycles. The highest BCUT2D eigenvalue weighted by molar-refractivity contribution is 5.98. The molecule has 8 heteroatoms. The fourth-order valence-electron chi connectivity index (χ4n) is 2.58. The number of carbonyl (C=O) groups is 1. The van der Waals surface area contributed by atoms with Crippen LogP contribution in [-0.4, -0.2) is 23.5 Å². The molecule has 2 rings (SSSR count). The van der Waals surface area contributed by atoms with Crippen molar-refractivity contribution in [2.45, 2.75) is 37.6 Å². The van der Waals surface area contributed by atoms with Crippen molar-refractivity contribution in [3.8, 4) is 5.75 Å². The molecule has 1 amide bonds. The molecule has 122 valence electrons. The number of rotatable bonds is 4. The van der Waals surface area contributed by atoms with Crippen LogP contribution in [0, 0.1) is 10.1 Å². The number of amides is 1. The number of methoxy groups -OCH3 is 1. The number of nitrogens with one attached hydrogen (secondary N) is 1. The minimum absolute atomic E-state index is 0. The lowest BCUT2D eigenvalue weighted by Gasteiger charge is -2.31. The third-order valence-electron chi connectivity index (χ3n) is 3.83. The maximum Gasteiger partial charge on any atom is 0.312 e. The monoisotopic (exact) mass is 329 g/mol. The highest BCUT2D eigenvalue weighted by atomic mass is 35.5. The molecule has 1 aromatic carbocycles. The van der Waals surface area contributed by atoms with Crippen LogP contribution >= 0.6 is 12.4 Å². The first kappa shape index (κ1) is 18.2. The minimum atomic E-state index is -0.882. The first-order valence-corrected chi connectivity index (χ1v) is 6.89. The van der Waals surface area contributed by atoms with Crippen molar-refractivity contribution in [2.75, 3.05) is 12.4 Å². The van der Waals surface area contributed by atoms with E-state index in [1.165, 1.54) is 19.2 Å². The van der Waals surface area contributed by atoms with Gasteiger partial charge in [0.1, 0.15) is 0 Å². The summed E-state index contributed by atoms with van der Waals surface area (Å²) in [6.07, 6.45) is 4.20. The predicted molar refractivity (Wildman–Crippen MR) is 85.5 cm³/mol. The summed E-state index contributed by atoms with van der Waals surface area (Å²) in [7, 11) is 1.36. The molecule has 0 aliphatic heterocycles. The summed E-state index contributed by atoms with van der Waals surface area (Å²) in [4.78, 5) is 22.7. The van der Waals surface area contributed by atoms with Gasteiger partial charge in [-0.25, -0.2) is 0 Å². The lowest BCUT2D eigenvalue weighted by atomic mass is 9.82. The SMILES string of the molecule is COc1ccc(NC(=O)C2(N)CCCCC2)cc1[N+](=O)[O-].Cl. The number of nitrogens with zero attached hydrogens (tertiary/aromatic N) is 1. The molecule has 7 nitrogen and oxygen atoms in total. The molecular formula is C14H20ClN3O4. The van der Waals surface area contributed by atoms with Crippen LogP contribution in [0.25, 0.3) is 0 Å². The number of benzene rings is 1. The van der Waals surface area contributed by atoms with Gasteiger partial charge in [0.15, 0.2) is 5.75 Å². The van der Waals surface area contributed by atoms with Gasteiger partial charge in [-0.1, -0.05) is 19.3 Å². The molecule has 0 aromatic heterocycles. The summed E-state index contributed by atoms with van der Waals surface area (Å²) in [5.41, 5.74) is 5.41. The molecule has 0 bridgehead atoms. The van der Waals surface area contributed by atoms with Gasteiger partial charge in [0, 0.05) is 11.8 Å². The van der Waals surface area contributed by atoms with E-state index >= 15 is 0 Å². The molecular weight excluding hydrogens is 310 g/mol. The van der Waals surface area contributed by atoms with Crippen molar-refractivity contribution in [1.82, 2.24) is 0 Å². The Morgan fingerprint density at radius 1 is 1.36 bits per heavy atom. The van der Waals surface area contributed by atoms with Crippen LogP contribution in [0.5, 0.6) is 5.75 Å². The van der Waals surface area contributed by atoms with E-state index in [0.717, 1.165) is 19.3 Å².